The maximum Gasteiger partial charge on any atom is 0.249 e. The summed E-state index contributed by atoms with van der Waals surface area (Å²) >= 11 is 0. The summed E-state index contributed by atoms with van der Waals surface area (Å²) in [5, 5.41) is 9.07. The molecule has 5 heteroatoms. The number of anilines is 1. The van der Waals surface area contributed by atoms with E-state index >= 15 is 0 Å². The lowest BCUT2D eigenvalue weighted by Gasteiger charge is -2.05. The highest BCUT2D eigenvalue weighted by Gasteiger charge is 2.02. The van der Waals surface area contributed by atoms with E-state index < -0.39 is 0 Å². The number of H-pyrrole nitrogens is 1. The van der Waals surface area contributed by atoms with Gasteiger partial charge in [-0.3, -0.25) is 9.89 Å². The topological polar surface area (TPSA) is 67.0 Å². The number of rotatable bonds is 4. The Bertz CT molecular complexity index is 589. The van der Waals surface area contributed by atoms with Gasteiger partial charge in [-0.25, -0.2) is 0 Å². The monoisotopic (exact) mass is 257 g/mol. The summed E-state index contributed by atoms with van der Waals surface area (Å²) in [5.41, 5.74) is 1.97. The van der Waals surface area contributed by atoms with Gasteiger partial charge in [0, 0.05) is 17.7 Å². The first-order valence-electron chi connectivity index (χ1n) is 5.82. The second-order valence-electron chi connectivity index (χ2n) is 4.04. The van der Waals surface area contributed by atoms with E-state index in [0.29, 0.717) is 5.82 Å². The van der Waals surface area contributed by atoms with Gasteiger partial charge in [0.05, 0.1) is 13.3 Å². The maximum absolute atomic E-state index is 11.7. The SMILES string of the molecule is COc1ccc(C)cc1/C=C/C(=O)Nc1ccn[nH]1. The number of aryl methyl sites for hydroxylation is 1. The van der Waals surface area contributed by atoms with Crippen molar-refractivity contribution in [2.45, 2.75) is 6.92 Å². The number of hydrogen-bond donors (Lipinski definition) is 2. The van der Waals surface area contributed by atoms with Gasteiger partial charge in [-0.1, -0.05) is 11.6 Å². The van der Waals surface area contributed by atoms with Crippen LogP contribution in [0.4, 0.5) is 5.82 Å². The number of carbonyl (C=O) groups is 1. The van der Waals surface area contributed by atoms with E-state index in [0.717, 1.165) is 16.9 Å². The largest absolute Gasteiger partial charge is 0.496 e. The molecule has 2 N–H and O–H groups in total. The van der Waals surface area contributed by atoms with Crippen molar-refractivity contribution >= 4 is 17.8 Å². The van der Waals surface area contributed by atoms with E-state index in [9.17, 15) is 4.79 Å². The number of ether oxygens (including phenoxy) is 1. The number of nitrogens with zero attached hydrogens (tertiary/aromatic N) is 1. The molecule has 0 aliphatic heterocycles. The molecule has 0 radical (unpaired) electrons. The van der Waals surface area contributed by atoms with Crippen LogP contribution in [-0.2, 0) is 4.79 Å². The van der Waals surface area contributed by atoms with Gasteiger partial charge in [0.1, 0.15) is 11.6 Å². The Balaban J connectivity index is 2.09. The van der Waals surface area contributed by atoms with Crippen molar-refractivity contribution < 1.29 is 9.53 Å². The Kier molecular flexibility index (Phi) is 3.97. The van der Waals surface area contributed by atoms with Crippen LogP contribution in [0.2, 0.25) is 0 Å². The van der Waals surface area contributed by atoms with Crippen LogP contribution in [0, 0.1) is 6.92 Å². The fourth-order valence-electron chi connectivity index (χ4n) is 1.65. The van der Waals surface area contributed by atoms with Crippen LogP contribution < -0.4 is 10.1 Å². The lowest BCUT2D eigenvalue weighted by Crippen LogP contribution is -2.07. The van der Waals surface area contributed by atoms with Gasteiger partial charge in [0.2, 0.25) is 5.91 Å². The fourth-order valence-corrected chi connectivity index (χ4v) is 1.65. The van der Waals surface area contributed by atoms with Gasteiger partial charge in [0.25, 0.3) is 0 Å². The van der Waals surface area contributed by atoms with Crippen molar-refractivity contribution in [1.82, 2.24) is 10.2 Å². The first-order valence-corrected chi connectivity index (χ1v) is 5.82. The molecule has 0 saturated heterocycles. The first-order chi connectivity index (χ1) is 9.19. The molecule has 0 fully saturated rings. The molecule has 2 aromatic rings. The second-order valence-corrected chi connectivity index (χ2v) is 4.04. The van der Waals surface area contributed by atoms with Crippen molar-refractivity contribution in [3.05, 3.63) is 47.7 Å². The Morgan fingerprint density at radius 3 is 2.95 bits per heavy atom. The summed E-state index contributed by atoms with van der Waals surface area (Å²) in [6.07, 6.45) is 4.75. The number of aromatic nitrogens is 2. The molecule has 5 nitrogen and oxygen atoms in total. The predicted octanol–water partition coefficient (Wildman–Crippen LogP) is 2.38. The number of methoxy groups -OCH3 is 1. The van der Waals surface area contributed by atoms with Crippen LogP contribution in [0.1, 0.15) is 11.1 Å². The zero-order valence-electron chi connectivity index (χ0n) is 10.8. The average molecular weight is 257 g/mol. The van der Waals surface area contributed by atoms with E-state index in [1.807, 2.05) is 25.1 Å². The van der Waals surface area contributed by atoms with Gasteiger partial charge in [-0.2, -0.15) is 5.10 Å². The van der Waals surface area contributed by atoms with Crippen LogP contribution in [0.5, 0.6) is 5.75 Å². The van der Waals surface area contributed by atoms with Crippen molar-refractivity contribution in [1.29, 1.82) is 0 Å². The smallest absolute Gasteiger partial charge is 0.249 e. The summed E-state index contributed by atoms with van der Waals surface area (Å²) in [7, 11) is 1.60. The van der Waals surface area contributed by atoms with Crippen molar-refractivity contribution in [2.24, 2.45) is 0 Å². The minimum atomic E-state index is -0.229. The molecular weight excluding hydrogens is 242 g/mol. The third kappa shape index (κ3) is 3.45. The minimum Gasteiger partial charge on any atom is -0.496 e. The molecular formula is C14H15N3O2. The number of nitrogens with one attached hydrogen (secondary N) is 2. The molecule has 1 amide bonds. The third-order valence-corrected chi connectivity index (χ3v) is 2.56. The summed E-state index contributed by atoms with van der Waals surface area (Å²) in [6.45, 7) is 1.99. The first kappa shape index (κ1) is 12.9. The minimum absolute atomic E-state index is 0.229. The van der Waals surface area contributed by atoms with Crippen LogP contribution in [0.3, 0.4) is 0 Å². The quantitative estimate of drug-likeness (QED) is 0.826. The van der Waals surface area contributed by atoms with E-state index in [4.69, 9.17) is 4.74 Å². The highest BCUT2D eigenvalue weighted by molar-refractivity contribution is 6.01. The van der Waals surface area contributed by atoms with E-state index in [1.165, 1.54) is 6.08 Å². The molecule has 1 aromatic heterocycles. The third-order valence-electron chi connectivity index (χ3n) is 2.56. The van der Waals surface area contributed by atoms with E-state index in [1.54, 1.807) is 25.4 Å². The summed E-state index contributed by atoms with van der Waals surface area (Å²) < 4.78 is 5.24. The van der Waals surface area contributed by atoms with Crippen molar-refractivity contribution in [2.75, 3.05) is 12.4 Å². The van der Waals surface area contributed by atoms with Crippen molar-refractivity contribution in [3.8, 4) is 5.75 Å². The van der Waals surface area contributed by atoms with Crippen LogP contribution in [0.15, 0.2) is 36.5 Å². The zero-order chi connectivity index (χ0) is 13.7. The molecule has 1 heterocycles. The highest BCUT2D eigenvalue weighted by atomic mass is 16.5. The normalized spacial score (nSPS) is 10.6. The molecule has 0 aliphatic carbocycles. The fraction of sp³-hybridized carbons (Fsp3) is 0.143. The number of aromatic amines is 1. The lowest BCUT2D eigenvalue weighted by molar-refractivity contribution is -0.111. The van der Waals surface area contributed by atoms with Gasteiger partial charge in [0.15, 0.2) is 0 Å². The Labute approximate surface area is 111 Å². The van der Waals surface area contributed by atoms with Crippen LogP contribution in [0.25, 0.3) is 6.08 Å². The average Bonchev–Trinajstić information content (AvgIpc) is 2.89. The summed E-state index contributed by atoms with van der Waals surface area (Å²) in [4.78, 5) is 11.7. The van der Waals surface area contributed by atoms with E-state index in [2.05, 4.69) is 15.5 Å². The van der Waals surface area contributed by atoms with Gasteiger partial charge >= 0.3 is 0 Å². The Morgan fingerprint density at radius 2 is 2.26 bits per heavy atom. The van der Waals surface area contributed by atoms with Gasteiger partial charge < -0.3 is 10.1 Å². The molecule has 0 atom stereocenters. The molecule has 0 saturated carbocycles. The predicted molar refractivity (Wildman–Crippen MR) is 74.0 cm³/mol. The van der Waals surface area contributed by atoms with Gasteiger partial charge in [-0.05, 0) is 25.1 Å². The second kappa shape index (κ2) is 5.86. The molecule has 19 heavy (non-hydrogen) atoms. The highest BCUT2D eigenvalue weighted by Crippen LogP contribution is 2.20. The van der Waals surface area contributed by atoms with Crippen molar-refractivity contribution in [3.63, 3.8) is 0 Å². The number of benzene rings is 1. The molecule has 0 unspecified atom stereocenters. The Hall–Kier alpha value is -2.56. The molecule has 98 valence electrons. The molecule has 0 spiro atoms. The summed E-state index contributed by atoms with van der Waals surface area (Å²) in [5.74, 6) is 1.06. The maximum atomic E-state index is 11.7. The number of hydrogen-bond acceptors (Lipinski definition) is 3. The Morgan fingerprint density at radius 1 is 1.42 bits per heavy atom. The molecule has 0 aliphatic rings. The molecule has 1 aromatic carbocycles. The number of carbonyl (C=O) groups excluding carboxylic acids is 1. The van der Waals surface area contributed by atoms with Crippen LogP contribution in [-0.4, -0.2) is 23.2 Å². The molecule has 0 bridgehead atoms. The zero-order valence-corrected chi connectivity index (χ0v) is 10.8. The summed E-state index contributed by atoms with van der Waals surface area (Å²) in [6, 6.07) is 7.47. The van der Waals surface area contributed by atoms with E-state index in [-0.39, 0.29) is 5.91 Å². The van der Waals surface area contributed by atoms with Crippen LogP contribution >= 0.6 is 0 Å². The number of amides is 1. The molecule has 2 rings (SSSR count). The standard InChI is InChI=1S/C14H15N3O2/c1-10-3-5-12(19-2)11(9-10)4-6-14(18)16-13-7-8-15-17-13/h3-9H,1-2H3,(H2,15,16,17,18)/b6-4+. The lowest BCUT2D eigenvalue weighted by atomic mass is 10.1. The van der Waals surface area contributed by atoms with Gasteiger partial charge in [-0.15, -0.1) is 0 Å².